The molecule has 0 atom stereocenters. The highest BCUT2D eigenvalue weighted by atomic mass is 79.9. The summed E-state index contributed by atoms with van der Waals surface area (Å²) in [5.41, 5.74) is 5.66. The molecule has 5 heteroatoms. The summed E-state index contributed by atoms with van der Waals surface area (Å²) >= 11 is 3.39. The minimum atomic E-state index is -0.567. The van der Waals surface area contributed by atoms with E-state index in [9.17, 15) is 5.11 Å². The number of rotatable bonds is 3. The number of nitrogens with one attached hydrogen (secondary N) is 1. The van der Waals surface area contributed by atoms with E-state index >= 15 is 0 Å². The number of pyridine rings is 1. The van der Waals surface area contributed by atoms with Crippen molar-refractivity contribution in [1.29, 1.82) is 0 Å². The number of aliphatic hydroxyl groups is 1. The molecule has 1 saturated carbocycles. The van der Waals surface area contributed by atoms with Gasteiger partial charge in [-0.25, -0.2) is 4.98 Å². The van der Waals surface area contributed by atoms with E-state index in [1.165, 1.54) is 0 Å². The third kappa shape index (κ3) is 2.65. The molecule has 1 fully saturated rings. The predicted molar refractivity (Wildman–Crippen MR) is 68.3 cm³/mol. The van der Waals surface area contributed by atoms with Crippen LogP contribution in [0.4, 0.5) is 11.5 Å². The van der Waals surface area contributed by atoms with E-state index in [-0.39, 0.29) is 0 Å². The van der Waals surface area contributed by atoms with Crippen LogP contribution in [-0.2, 0) is 0 Å². The first-order valence-corrected chi connectivity index (χ1v) is 6.26. The van der Waals surface area contributed by atoms with Gasteiger partial charge in [-0.05, 0) is 34.8 Å². The van der Waals surface area contributed by atoms with Crippen molar-refractivity contribution in [2.24, 2.45) is 0 Å². The first-order chi connectivity index (χ1) is 7.59. The Hall–Kier alpha value is -0.810. The van der Waals surface area contributed by atoms with E-state index in [2.05, 4.69) is 26.2 Å². The summed E-state index contributed by atoms with van der Waals surface area (Å²) in [5.74, 6) is 0.731. The highest BCUT2D eigenvalue weighted by Crippen LogP contribution is 2.30. The Balaban J connectivity index is 1.99. The number of halogens is 1. The molecule has 0 aliphatic heterocycles. The Morgan fingerprint density at radius 2 is 2.19 bits per heavy atom. The summed E-state index contributed by atoms with van der Waals surface area (Å²) in [6, 6.07) is 1.80. The number of nitrogens with two attached hydrogens (primary N) is 1. The van der Waals surface area contributed by atoms with Crippen LogP contribution in [0.25, 0.3) is 0 Å². The number of aromatic nitrogens is 1. The van der Waals surface area contributed by atoms with Gasteiger partial charge in [0.15, 0.2) is 0 Å². The van der Waals surface area contributed by atoms with Gasteiger partial charge in [-0.2, -0.15) is 0 Å². The monoisotopic (exact) mass is 285 g/mol. The van der Waals surface area contributed by atoms with Crippen LogP contribution in [0.2, 0.25) is 0 Å². The maximum Gasteiger partial charge on any atom is 0.140 e. The van der Waals surface area contributed by atoms with E-state index in [0.29, 0.717) is 12.2 Å². The Kier molecular flexibility index (Phi) is 3.35. The Labute approximate surface area is 103 Å². The summed E-state index contributed by atoms with van der Waals surface area (Å²) in [4.78, 5) is 4.18. The van der Waals surface area contributed by atoms with Crippen molar-refractivity contribution < 1.29 is 5.11 Å². The van der Waals surface area contributed by atoms with Crippen LogP contribution in [0, 0.1) is 0 Å². The number of nitrogens with zero attached hydrogens (tertiary/aromatic N) is 1. The van der Waals surface area contributed by atoms with Gasteiger partial charge in [-0.15, -0.1) is 0 Å². The molecule has 16 heavy (non-hydrogen) atoms. The van der Waals surface area contributed by atoms with E-state index in [1.54, 1.807) is 12.3 Å². The molecule has 1 heterocycles. The summed E-state index contributed by atoms with van der Waals surface area (Å²) in [7, 11) is 0. The Morgan fingerprint density at radius 3 is 2.81 bits per heavy atom. The average Bonchev–Trinajstić information content (AvgIpc) is 2.64. The predicted octanol–water partition coefficient (Wildman–Crippen LogP) is 2.14. The van der Waals surface area contributed by atoms with Crippen molar-refractivity contribution in [1.82, 2.24) is 4.98 Å². The van der Waals surface area contributed by atoms with Gasteiger partial charge >= 0.3 is 0 Å². The fourth-order valence-electron chi connectivity index (χ4n) is 2.04. The van der Waals surface area contributed by atoms with Gasteiger partial charge in [0.25, 0.3) is 0 Å². The normalized spacial score (nSPS) is 18.6. The van der Waals surface area contributed by atoms with Gasteiger partial charge in [-0.3, -0.25) is 0 Å². The smallest absolute Gasteiger partial charge is 0.140 e. The molecule has 0 spiro atoms. The quantitative estimate of drug-likeness (QED) is 0.796. The molecule has 0 aromatic carbocycles. The zero-order valence-corrected chi connectivity index (χ0v) is 10.6. The van der Waals surface area contributed by atoms with E-state index in [1.807, 2.05) is 0 Å². The van der Waals surface area contributed by atoms with E-state index < -0.39 is 5.60 Å². The van der Waals surface area contributed by atoms with Crippen molar-refractivity contribution in [3.8, 4) is 0 Å². The molecular weight excluding hydrogens is 270 g/mol. The van der Waals surface area contributed by atoms with Gasteiger partial charge in [-0.1, -0.05) is 12.8 Å². The molecule has 0 amide bonds. The zero-order chi connectivity index (χ0) is 11.6. The van der Waals surface area contributed by atoms with Crippen LogP contribution in [0.1, 0.15) is 25.7 Å². The lowest BCUT2D eigenvalue weighted by molar-refractivity contribution is 0.0614. The zero-order valence-electron chi connectivity index (χ0n) is 9.04. The van der Waals surface area contributed by atoms with Gasteiger partial charge in [0.05, 0.1) is 22.0 Å². The standard InChI is InChI=1S/C11H16BrN3O/c12-9-5-8(13)6-14-10(9)15-7-11(16)3-1-2-4-11/h5-6,16H,1-4,7,13H2,(H,14,15). The maximum absolute atomic E-state index is 10.2. The molecule has 4 nitrogen and oxygen atoms in total. The lowest BCUT2D eigenvalue weighted by Crippen LogP contribution is -2.33. The highest BCUT2D eigenvalue weighted by molar-refractivity contribution is 9.10. The van der Waals surface area contributed by atoms with Crippen molar-refractivity contribution in [2.75, 3.05) is 17.6 Å². The summed E-state index contributed by atoms with van der Waals surface area (Å²) in [6.45, 7) is 0.544. The van der Waals surface area contributed by atoms with Gasteiger partial charge < -0.3 is 16.2 Å². The molecule has 2 rings (SSSR count). The van der Waals surface area contributed by atoms with E-state index in [0.717, 1.165) is 36.0 Å². The second-order valence-electron chi connectivity index (χ2n) is 4.38. The average molecular weight is 286 g/mol. The van der Waals surface area contributed by atoms with Crippen LogP contribution in [0.5, 0.6) is 0 Å². The SMILES string of the molecule is Nc1cnc(NCC2(O)CCCC2)c(Br)c1. The molecule has 1 aromatic rings. The van der Waals surface area contributed by atoms with Gasteiger partial charge in [0.2, 0.25) is 0 Å². The van der Waals surface area contributed by atoms with Crippen molar-refractivity contribution in [3.05, 3.63) is 16.7 Å². The van der Waals surface area contributed by atoms with Crippen molar-refractivity contribution in [3.63, 3.8) is 0 Å². The molecule has 88 valence electrons. The lowest BCUT2D eigenvalue weighted by Gasteiger charge is -2.23. The van der Waals surface area contributed by atoms with Crippen molar-refractivity contribution in [2.45, 2.75) is 31.3 Å². The number of hydrogen-bond acceptors (Lipinski definition) is 4. The van der Waals surface area contributed by atoms with Gasteiger partial charge in [0, 0.05) is 6.54 Å². The first kappa shape index (κ1) is 11.7. The molecule has 0 saturated heterocycles. The molecule has 0 bridgehead atoms. The fraction of sp³-hybridized carbons (Fsp3) is 0.545. The molecule has 0 unspecified atom stereocenters. The van der Waals surface area contributed by atoms with Gasteiger partial charge in [0.1, 0.15) is 5.82 Å². The number of anilines is 2. The minimum Gasteiger partial charge on any atom is -0.397 e. The Morgan fingerprint density at radius 1 is 1.50 bits per heavy atom. The molecule has 1 aliphatic carbocycles. The van der Waals surface area contributed by atoms with Crippen LogP contribution in [0.15, 0.2) is 16.7 Å². The van der Waals surface area contributed by atoms with Crippen LogP contribution < -0.4 is 11.1 Å². The molecule has 0 radical (unpaired) electrons. The van der Waals surface area contributed by atoms with Crippen LogP contribution in [-0.4, -0.2) is 22.2 Å². The number of hydrogen-bond donors (Lipinski definition) is 3. The second-order valence-corrected chi connectivity index (χ2v) is 5.24. The molecule has 4 N–H and O–H groups in total. The highest BCUT2D eigenvalue weighted by Gasteiger charge is 2.30. The second kappa shape index (κ2) is 4.59. The largest absolute Gasteiger partial charge is 0.397 e. The summed E-state index contributed by atoms with van der Waals surface area (Å²) in [5, 5.41) is 13.3. The molecular formula is C11H16BrN3O. The lowest BCUT2D eigenvalue weighted by atomic mass is 10.0. The van der Waals surface area contributed by atoms with Crippen molar-refractivity contribution >= 4 is 27.4 Å². The first-order valence-electron chi connectivity index (χ1n) is 5.46. The maximum atomic E-state index is 10.2. The van der Waals surface area contributed by atoms with Crippen LogP contribution >= 0.6 is 15.9 Å². The molecule has 1 aromatic heterocycles. The number of nitrogen functional groups attached to an aromatic ring is 1. The fourth-order valence-corrected chi connectivity index (χ4v) is 2.55. The summed E-state index contributed by atoms with van der Waals surface area (Å²) < 4.78 is 0.828. The molecule has 1 aliphatic rings. The third-order valence-electron chi connectivity index (χ3n) is 2.98. The topological polar surface area (TPSA) is 71.2 Å². The summed E-state index contributed by atoms with van der Waals surface area (Å²) in [6.07, 6.45) is 5.55. The minimum absolute atomic E-state index is 0.544. The van der Waals surface area contributed by atoms with Crippen LogP contribution in [0.3, 0.4) is 0 Å². The van der Waals surface area contributed by atoms with E-state index in [4.69, 9.17) is 5.73 Å². The third-order valence-corrected chi connectivity index (χ3v) is 3.59. The Bertz CT molecular complexity index is 377.